The number of anilines is 1. The first-order valence-corrected chi connectivity index (χ1v) is 10.5. The van der Waals surface area contributed by atoms with Crippen LogP contribution >= 0.6 is 11.3 Å². The molecule has 10 heteroatoms. The third-order valence-electron chi connectivity index (χ3n) is 4.06. The van der Waals surface area contributed by atoms with Gasteiger partial charge in [0.2, 0.25) is 5.91 Å². The Balaban J connectivity index is 1.72. The standard InChI is InChI=1S/C17H19N3O5S2/c1-10(21)18-13-7-6-12(9-14(13)25-2)27(23,24)20-19-17(22)16-8-11-4-3-5-15(11)26-16/h6-9,20H,3-5H2,1-2H3,(H,18,21)(H,19,22). The van der Waals surface area contributed by atoms with Crippen molar-refractivity contribution in [2.45, 2.75) is 31.1 Å². The van der Waals surface area contributed by atoms with Gasteiger partial charge in [0.25, 0.3) is 15.9 Å². The number of hydrazine groups is 1. The van der Waals surface area contributed by atoms with E-state index >= 15 is 0 Å². The molecular formula is C17H19N3O5S2. The maximum absolute atomic E-state index is 12.4. The van der Waals surface area contributed by atoms with E-state index in [0.717, 1.165) is 24.8 Å². The van der Waals surface area contributed by atoms with Gasteiger partial charge in [0.15, 0.2) is 0 Å². The Morgan fingerprint density at radius 2 is 1.96 bits per heavy atom. The van der Waals surface area contributed by atoms with Crippen LogP contribution in [-0.4, -0.2) is 27.3 Å². The van der Waals surface area contributed by atoms with Crippen LogP contribution in [0.3, 0.4) is 0 Å². The van der Waals surface area contributed by atoms with Gasteiger partial charge in [-0.1, -0.05) is 0 Å². The summed E-state index contributed by atoms with van der Waals surface area (Å²) in [6.45, 7) is 1.33. The fraction of sp³-hybridized carbons (Fsp3) is 0.294. The van der Waals surface area contributed by atoms with Gasteiger partial charge < -0.3 is 10.1 Å². The van der Waals surface area contributed by atoms with Crippen LogP contribution in [-0.2, 0) is 27.7 Å². The molecule has 144 valence electrons. The van der Waals surface area contributed by atoms with Crippen LogP contribution in [0.25, 0.3) is 0 Å². The van der Waals surface area contributed by atoms with E-state index in [4.69, 9.17) is 4.74 Å². The summed E-state index contributed by atoms with van der Waals surface area (Å²) in [7, 11) is -2.64. The Morgan fingerprint density at radius 3 is 2.63 bits per heavy atom. The van der Waals surface area contributed by atoms with Gasteiger partial charge in [-0.3, -0.25) is 15.0 Å². The van der Waals surface area contributed by atoms with Crippen LogP contribution < -0.4 is 20.3 Å². The number of thiophene rings is 1. The number of ether oxygens (including phenoxy) is 1. The summed E-state index contributed by atoms with van der Waals surface area (Å²) in [4.78, 5) is 27.0. The molecule has 0 unspecified atom stereocenters. The summed E-state index contributed by atoms with van der Waals surface area (Å²) in [5.74, 6) is -0.619. The van der Waals surface area contributed by atoms with E-state index < -0.39 is 15.9 Å². The van der Waals surface area contributed by atoms with Gasteiger partial charge in [-0.05, 0) is 43.0 Å². The molecule has 0 bridgehead atoms. The number of hydrogen-bond acceptors (Lipinski definition) is 6. The Bertz CT molecular complexity index is 976. The zero-order valence-corrected chi connectivity index (χ0v) is 16.4. The highest BCUT2D eigenvalue weighted by atomic mass is 32.2. The number of carbonyl (C=O) groups excluding carboxylic acids is 2. The van der Waals surface area contributed by atoms with Gasteiger partial charge in [0, 0.05) is 17.9 Å². The fourth-order valence-corrected chi connectivity index (χ4v) is 4.81. The van der Waals surface area contributed by atoms with E-state index in [2.05, 4.69) is 15.6 Å². The molecule has 1 aromatic heterocycles. The van der Waals surface area contributed by atoms with E-state index in [1.165, 1.54) is 48.4 Å². The summed E-state index contributed by atoms with van der Waals surface area (Å²) in [5.41, 5.74) is 3.74. The first-order chi connectivity index (χ1) is 12.8. The molecule has 1 heterocycles. The van der Waals surface area contributed by atoms with Crippen molar-refractivity contribution in [1.82, 2.24) is 10.3 Å². The van der Waals surface area contributed by atoms with Crippen molar-refractivity contribution in [2.24, 2.45) is 0 Å². The van der Waals surface area contributed by atoms with E-state index in [-0.39, 0.29) is 16.6 Å². The number of nitrogens with one attached hydrogen (secondary N) is 3. The fourth-order valence-electron chi connectivity index (χ4n) is 2.81. The quantitative estimate of drug-likeness (QED) is 0.630. The number of hydrogen-bond donors (Lipinski definition) is 3. The molecule has 8 nitrogen and oxygen atoms in total. The molecule has 0 radical (unpaired) electrons. The van der Waals surface area contributed by atoms with E-state index in [1.807, 2.05) is 6.07 Å². The van der Waals surface area contributed by atoms with Crippen LogP contribution in [0.1, 0.15) is 33.5 Å². The Hall–Kier alpha value is -2.43. The predicted octanol–water partition coefficient (Wildman–Crippen LogP) is 1.83. The molecular weight excluding hydrogens is 390 g/mol. The molecule has 27 heavy (non-hydrogen) atoms. The van der Waals surface area contributed by atoms with E-state index in [0.29, 0.717) is 10.6 Å². The van der Waals surface area contributed by atoms with Crippen LogP contribution in [0, 0.1) is 0 Å². The summed E-state index contributed by atoms with van der Waals surface area (Å²) in [6.07, 6.45) is 3.00. The highest BCUT2D eigenvalue weighted by Crippen LogP contribution is 2.30. The van der Waals surface area contributed by atoms with Crippen molar-refractivity contribution in [3.8, 4) is 5.75 Å². The van der Waals surface area contributed by atoms with Crippen molar-refractivity contribution in [3.63, 3.8) is 0 Å². The largest absolute Gasteiger partial charge is 0.495 e. The molecule has 0 spiro atoms. The van der Waals surface area contributed by atoms with Gasteiger partial charge in [-0.15, -0.1) is 16.2 Å². The predicted molar refractivity (Wildman–Crippen MR) is 101 cm³/mol. The maximum Gasteiger partial charge on any atom is 0.276 e. The van der Waals surface area contributed by atoms with Gasteiger partial charge >= 0.3 is 0 Å². The van der Waals surface area contributed by atoms with Crippen LogP contribution in [0.15, 0.2) is 29.2 Å². The van der Waals surface area contributed by atoms with Crippen molar-refractivity contribution in [2.75, 3.05) is 12.4 Å². The Labute approximate surface area is 160 Å². The Kier molecular flexibility index (Phi) is 5.49. The number of sulfonamides is 1. The molecule has 3 N–H and O–H groups in total. The third-order valence-corrected chi connectivity index (χ3v) is 6.54. The third kappa shape index (κ3) is 4.29. The SMILES string of the molecule is COc1cc(S(=O)(=O)NNC(=O)c2cc3c(s2)CCC3)ccc1NC(C)=O. The molecule has 0 saturated heterocycles. The van der Waals surface area contributed by atoms with Crippen LogP contribution in [0.2, 0.25) is 0 Å². The first-order valence-electron chi connectivity index (χ1n) is 8.19. The summed E-state index contributed by atoms with van der Waals surface area (Å²) < 4.78 is 30.0. The van der Waals surface area contributed by atoms with Gasteiger partial charge in [0.1, 0.15) is 5.75 Å². The second kappa shape index (κ2) is 7.67. The normalized spacial score (nSPS) is 13.1. The zero-order chi connectivity index (χ0) is 19.6. The van der Waals surface area contributed by atoms with Crippen molar-refractivity contribution >= 4 is 38.9 Å². The first kappa shape index (κ1) is 19.3. The second-order valence-electron chi connectivity index (χ2n) is 6.02. The molecule has 0 saturated carbocycles. The summed E-state index contributed by atoms with van der Waals surface area (Å²) in [6, 6.07) is 5.80. The number of carbonyl (C=O) groups is 2. The lowest BCUT2D eigenvalue weighted by atomic mass is 10.2. The van der Waals surface area contributed by atoms with Crippen LogP contribution in [0.4, 0.5) is 5.69 Å². The minimum Gasteiger partial charge on any atom is -0.495 e. The number of rotatable bonds is 6. The summed E-state index contributed by atoms with van der Waals surface area (Å²) >= 11 is 1.38. The molecule has 1 aliphatic carbocycles. The molecule has 0 atom stereocenters. The zero-order valence-electron chi connectivity index (χ0n) is 14.8. The highest BCUT2D eigenvalue weighted by Gasteiger charge is 2.21. The van der Waals surface area contributed by atoms with Crippen molar-refractivity contribution in [3.05, 3.63) is 39.6 Å². The smallest absolute Gasteiger partial charge is 0.276 e. The molecule has 0 fully saturated rings. The van der Waals surface area contributed by atoms with Crippen molar-refractivity contribution < 1.29 is 22.7 Å². The van der Waals surface area contributed by atoms with Gasteiger partial charge in [-0.2, -0.15) is 0 Å². The lowest BCUT2D eigenvalue weighted by molar-refractivity contribution is -0.114. The monoisotopic (exact) mass is 409 g/mol. The molecule has 0 aliphatic heterocycles. The molecule has 1 aliphatic rings. The van der Waals surface area contributed by atoms with Gasteiger partial charge in [-0.25, -0.2) is 8.42 Å². The number of benzene rings is 1. The molecule has 3 rings (SSSR count). The van der Waals surface area contributed by atoms with Crippen molar-refractivity contribution in [1.29, 1.82) is 0 Å². The lowest BCUT2D eigenvalue weighted by Crippen LogP contribution is -2.41. The van der Waals surface area contributed by atoms with E-state index in [9.17, 15) is 18.0 Å². The number of aryl methyl sites for hydroxylation is 2. The average Bonchev–Trinajstić information content (AvgIpc) is 3.21. The van der Waals surface area contributed by atoms with Gasteiger partial charge in [0.05, 0.1) is 22.6 Å². The summed E-state index contributed by atoms with van der Waals surface area (Å²) in [5, 5.41) is 2.55. The second-order valence-corrected chi connectivity index (χ2v) is 8.83. The number of fused-ring (bicyclic) bond motifs is 1. The number of amides is 2. The van der Waals surface area contributed by atoms with E-state index in [1.54, 1.807) is 0 Å². The topological polar surface area (TPSA) is 114 Å². The Morgan fingerprint density at radius 1 is 1.19 bits per heavy atom. The highest BCUT2D eigenvalue weighted by molar-refractivity contribution is 7.89. The van der Waals surface area contributed by atoms with Crippen LogP contribution in [0.5, 0.6) is 5.75 Å². The number of methoxy groups -OCH3 is 1. The molecule has 2 amide bonds. The minimum absolute atomic E-state index is 0.109. The molecule has 2 aromatic rings. The maximum atomic E-state index is 12.4. The minimum atomic E-state index is -4.01. The average molecular weight is 409 g/mol. The molecule has 1 aromatic carbocycles. The lowest BCUT2D eigenvalue weighted by Gasteiger charge is -2.12.